The molecule has 1 aromatic rings. The van der Waals surface area contributed by atoms with Crippen molar-refractivity contribution in [2.24, 2.45) is 5.92 Å². The van der Waals surface area contributed by atoms with Crippen LogP contribution in [0.3, 0.4) is 0 Å². The lowest BCUT2D eigenvalue weighted by Crippen LogP contribution is -2.49. The number of methoxy groups -OCH3 is 1. The van der Waals surface area contributed by atoms with Crippen molar-refractivity contribution in [3.05, 3.63) is 30.1 Å². The number of aromatic nitrogens is 1. The third-order valence-electron chi connectivity index (χ3n) is 4.81. The van der Waals surface area contributed by atoms with Crippen LogP contribution in [0.25, 0.3) is 0 Å². The molecule has 1 aromatic heterocycles. The molecule has 0 spiro atoms. The molecule has 4 nitrogen and oxygen atoms in total. The maximum atomic E-state index is 12.2. The highest BCUT2D eigenvalue weighted by Crippen LogP contribution is 2.45. The Labute approximate surface area is 113 Å². The molecule has 0 aliphatic carbocycles. The average Bonchev–Trinajstić information content (AvgIpc) is 2.70. The van der Waals surface area contributed by atoms with Gasteiger partial charge in [-0.3, -0.25) is 14.7 Å². The minimum absolute atomic E-state index is 0.0800. The molecule has 19 heavy (non-hydrogen) atoms. The molecule has 0 saturated carbocycles. The van der Waals surface area contributed by atoms with Crippen molar-refractivity contribution in [3.63, 3.8) is 0 Å². The number of hydrogen-bond acceptors (Lipinski definition) is 4. The van der Waals surface area contributed by atoms with E-state index in [1.807, 2.05) is 24.4 Å². The molecule has 2 fully saturated rings. The third kappa shape index (κ3) is 2.04. The quantitative estimate of drug-likeness (QED) is 0.761. The summed E-state index contributed by atoms with van der Waals surface area (Å²) in [6.45, 7) is 0. The van der Waals surface area contributed by atoms with Gasteiger partial charge in [0.2, 0.25) is 0 Å². The zero-order chi connectivity index (χ0) is 13.4. The fourth-order valence-electron chi connectivity index (χ4n) is 3.82. The predicted molar refractivity (Wildman–Crippen MR) is 71.7 cm³/mol. The van der Waals surface area contributed by atoms with E-state index in [1.165, 1.54) is 13.5 Å². The van der Waals surface area contributed by atoms with Gasteiger partial charge in [0, 0.05) is 29.9 Å². The summed E-state index contributed by atoms with van der Waals surface area (Å²) < 4.78 is 5.05. The molecular formula is C15H20N2O2. The smallest absolute Gasteiger partial charge is 0.310 e. The van der Waals surface area contributed by atoms with E-state index < -0.39 is 0 Å². The van der Waals surface area contributed by atoms with Gasteiger partial charge in [-0.25, -0.2) is 0 Å². The highest BCUT2D eigenvalue weighted by molar-refractivity contribution is 5.74. The van der Waals surface area contributed by atoms with Crippen molar-refractivity contribution in [1.29, 1.82) is 0 Å². The number of pyridine rings is 1. The van der Waals surface area contributed by atoms with E-state index >= 15 is 0 Å². The Hall–Kier alpha value is -1.42. The first-order valence-electron chi connectivity index (χ1n) is 6.93. The summed E-state index contributed by atoms with van der Waals surface area (Å²) in [5.74, 6) is 0.0267. The first-order chi connectivity index (χ1) is 9.22. The SMILES string of the molecule is COC(=O)[C@H]1C(c2ccccn2)C[C@H]2CCC1N2C. The first kappa shape index (κ1) is 12.6. The van der Waals surface area contributed by atoms with Crippen molar-refractivity contribution < 1.29 is 9.53 Å². The molecule has 3 heterocycles. The fraction of sp³-hybridized carbons (Fsp3) is 0.600. The van der Waals surface area contributed by atoms with Crippen LogP contribution in [0.15, 0.2) is 24.4 Å². The van der Waals surface area contributed by atoms with Crippen LogP contribution in [0.1, 0.15) is 30.9 Å². The number of ether oxygens (including phenoxy) is 1. The predicted octanol–water partition coefficient (Wildman–Crippen LogP) is 1.82. The molecule has 0 radical (unpaired) electrons. The van der Waals surface area contributed by atoms with Gasteiger partial charge in [-0.2, -0.15) is 0 Å². The van der Waals surface area contributed by atoms with Crippen LogP contribution in [0.5, 0.6) is 0 Å². The molecule has 0 N–H and O–H groups in total. The largest absolute Gasteiger partial charge is 0.469 e. The van der Waals surface area contributed by atoms with Crippen molar-refractivity contribution in [2.45, 2.75) is 37.3 Å². The van der Waals surface area contributed by atoms with Crippen LogP contribution in [0, 0.1) is 5.92 Å². The number of carbonyl (C=O) groups is 1. The molecule has 2 aliphatic rings. The lowest BCUT2D eigenvalue weighted by atomic mass is 9.78. The van der Waals surface area contributed by atoms with Crippen molar-refractivity contribution in [1.82, 2.24) is 9.88 Å². The zero-order valence-electron chi connectivity index (χ0n) is 11.5. The number of hydrogen-bond donors (Lipinski definition) is 0. The third-order valence-corrected chi connectivity index (χ3v) is 4.81. The van der Waals surface area contributed by atoms with Crippen molar-refractivity contribution >= 4 is 5.97 Å². The molecule has 0 amide bonds. The molecule has 4 atom stereocenters. The highest BCUT2D eigenvalue weighted by atomic mass is 16.5. The normalized spacial score (nSPS) is 34.2. The summed E-state index contributed by atoms with van der Waals surface area (Å²) in [6, 6.07) is 6.83. The monoisotopic (exact) mass is 260 g/mol. The lowest BCUT2D eigenvalue weighted by molar-refractivity contribution is -0.150. The minimum atomic E-state index is -0.0900. The van der Waals surface area contributed by atoms with E-state index in [9.17, 15) is 4.79 Å². The van der Waals surface area contributed by atoms with E-state index in [2.05, 4.69) is 16.9 Å². The standard InChI is InChI=1S/C15H20N2O2/c1-17-10-6-7-13(17)14(15(18)19-2)11(9-10)12-5-3-4-8-16-12/h3-5,8,10-11,13-14H,6-7,9H2,1-2H3/t10-,11?,13?,14+/m1/s1. The van der Waals surface area contributed by atoms with E-state index in [4.69, 9.17) is 4.74 Å². The Morgan fingerprint density at radius 3 is 2.95 bits per heavy atom. The van der Waals surface area contributed by atoms with Gasteiger partial charge >= 0.3 is 5.97 Å². The van der Waals surface area contributed by atoms with E-state index in [0.717, 1.165) is 18.5 Å². The van der Waals surface area contributed by atoms with E-state index in [-0.39, 0.29) is 17.8 Å². The lowest BCUT2D eigenvalue weighted by Gasteiger charge is -2.41. The van der Waals surface area contributed by atoms with Gasteiger partial charge in [0.25, 0.3) is 0 Å². The number of fused-ring (bicyclic) bond motifs is 2. The number of carbonyl (C=O) groups excluding carboxylic acids is 1. The Kier molecular flexibility index (Phi) is 3.27. The number of esters is 1. The van der Waals surface area contributed by atoms with Gasteiger partial charge < -0.3 is 4.74 Å². The van der Waals surface area contributed by atoms with Gasteiger partial charge in [0.05, 0.1) is 13.0 Å². The molecule has 102 valence electrons. The highest BCUT2D eigenvalue weighted by Gasteiger charge is 2.49. The second kappa shape index (κ2) is 4.93. The maximum absolute atomic E-state index is 12.2. The Balaban J connectivity index is 1.96. The Morgan fingerprint density at radius 2 is 2.26 bits per heavy atom. The summed E-state index contributed by atoms with van der Waals surface area (Å²) >= 11 is 0. The molecule has 3 rings (SSSR count). The van der Waals surface area contributed by atoms with Crippen LogP contribution in [-0.4, -0.2) is 42.1 Å². The summed E-state index contributed by atoms with van der Waals surface area (Å²) in [5.41, 5.74) is 1.03. The zero-order valence-corrected chi connectivity index (χ0v) is 11.5. The molecule has 2 bridgehead atoms. The number of nitrogens with zero attached hydrogens (tertiary/aromatic N) is 2. The maximum Gasteiger partial charge on any atom is 0.310 e. The van der Waals surface area contributed by atoms with Crippen LogP contribution < -0.4 is 0 Å². The fourth-order valence-corrected chi connectivity index (χ4v) is 3.82. The summed E-state index contributed by atoms with van der Waals surface area (Å²) in [5, 5.41) is 0. The summed E-state index contributed by atoms with van der Waals surface area (Å²) in [4.78, 5) is 19.0. The van der Waals surface area contributed by atoms with Gasteiger partial charge in [0.15, 0.2) is 0 Å². The second-order valence-electron chi connectivity index (χ2n) is 5.61. The average molecular weight is 260 g/mol. The van der Waals surface area contributed by atoms with Crippen LogP contribution in [-0.2, 0) is 9.53 Å². The summed E-state index contributed by atoms with van der Waals surface area (Å²) in [6.07, 6.45) is 5.08. The Morgan fingerprint density at radius 1 is 1.42 bits per heavy atom. The minimum Gasteiger partial charge on any atom is -0.469 e. The van der Waals surface area contributed by atoms with Gasteiger partial charge in [-0.05, 0) is 38.4 Å². The van der Waals surface area contributed by atoms with Gasteiger partial charge in [0.1, 0.15) is 0 Å². The van der Waals surface area contributed by atoms with Gasteiger partial charge in [-0.15, -0.1) is 0 Å². The molecule has 0 aromatic carbocycles. The van der Waals surface area contributed by atoms with Crippen molar-refractivity contribution in [2.75, 3.05) is 14.2 Å². The second-order valence-corrected chi connectivity index (χ2v) is 5.61. The number of rotatable bonds is 2. The Bertz CT molecular complexity index is 462. The molecule has 2 unspecified atom stereocenters. The van der Waals surface area contributed by atoms with Crippen LogP contribution >= 0.6 is 0 Å². The van der Waals surface area contributed by atoms with Gasteiger partial charge in [-0.1, -0.05) is 6.07 Å². The molecule has 2 aliphatic heterocycles. The first-order valence-corrected chi connectivity index (χ1v) is 6.93. The van der Waals surface area contributed by atoms with Crippen LogP contribution in [0.4, 0.5) is 0 Å². The molecule has 2 saturated heterocycles. The van der Waals surface area contributed by atoms with E-state index in [0.29, 0.717) is 12.1 Å². The van der Waals surface area contributed by atoms with Crippen molar-refractivity contribution in [3.8, 4) is 0 Å². The topological polar surface area (TPSA) is 42.4 Å². The van der Waals surface area contributed by atoms with Crippen LogP contribution in [0.2, 0.25) is 0 Å². The van der Waals surface area contributed by atoms with E-state index in [1.54, 1.807) is 0 Å². The molecule has 4 heteroatoms. The summed E-state index contributed by atoms with van der Waals surface area (Å²) in [7, 11) is 3.62. The number of piperidine rings is 1. The molecular weight excluding hydrogens is 240 g/mol.